The van der Waals surface area contributed by atoms with E-state index in [1.807, 2.05) is 28.2 Å². The lowest BCUT2D eigenvalue weighted by Gasteiger charge is -2.15. The number of anilines is 4. The second kappa shape index (κ2) is 12.8. The molecule has 5 heteroatoms. The topological polar surface area (TPSA) is 61.0 Å². The maximum atomic E-state index is 5.27. The number of aromatic nitrogens is 1. The van der Waals surface area contributed by atoms with Gasteiger partial charge < -0.3 is 21.3 Å². The summed E-state index contributed by atoms with van der Waals surface area (Å²) in [5.74, 6) is 0. The molecule has 0 fully saturated rings. The van der Waals surface area contributed by atoms with Gasteiger partial charge in [0.15, 0.2) is 0 Å². The lowest BCUT2D eigenvalue weighted by atomic mass is 9.96. The Morgan fingerprint density at radius 1 is 0.364 bits per heavy atom. The normalized spacial score (nSPS) is 10.7. The van der Waals surface area contributed by atoms with Crippen molar-refractivity contribution in [3.05, 3.63) is 127 Å². The minimum atomic E-state index is 0.928. The van der Waals surface area contributed by atoms with Crippen LogP contribution in [0.3, 0.4) is 0 Å². The zero-order valence-electron chi connectivity index (χ0n) is 25.6. The fraction of sp³-hybridized carbons (Fsp3) is 0.103. The van der Waals surface area contributed by atoms with Crippen molar-refractivity contribution < 1.29 is 0 Å². The van der Waals surface area contributed by atoms with Gasteiger partial charge in [-0.05, 0) is 82.9 Å². The number of hydrogen-bond donors (Lipinski definition) is 4. The molecular formula is C39H37N5. The van der Waals surface area contributed by atoms with Gasteiger partial charge in [-0.25, -0.2) is 4.98 Å². The standard InChI is InChI=1S/C39H37N5/c1-40-32-16-18-36(42-3)34(24-32)27-12-8-14-29(20-27)38-22-31(26-10-6-5-7-11-26)23-39(44-38)30-15-9-13-28(21-30)35-25-33(41-2)17-19-37(35)43-4/h5-25,40-43H,1-4H3. The third kappa shape index (κ3) is 5.86. The predicted octanol–water partition coefficient (Wildman–Crippen LogP) is 9.58. The average molecular weight is 576 g/mol. The Labute approximate surface area is 260 Å². The molecule has 0 atom stereocenters. The quantitative estimate of drug-likeness (QED) is 0.138. The predicted molar refractivity (Wildman–Crippen MR) is 190 cm³/mol. The van der Waals surface area contributed by atoms with E-state index in [1.54, 1.807) is 0 Å². The second-order valence-corrected chi connectivity index (χ2v) is 10.7. The molecule has 1 aromatic heterocycles. The second-order valence-electron chi connectivity index (χ2n) is 10.7. The molecule has 0 aliphatic heterocycles. The highest BCUT2D eigenvalue weighted by atomic mass is 14.8. The molecule has 0 aliphatic carbocycles. The van der Waals surface area contributed by atoms with Crippen molar-refractivity contribution in [2.24, 2.45) is 0 Å². The SMILES string of the molecule is CNc1ccc(NC)c(-c2cccc(-c3cc(-c4ccccc4)cc(-c4cccc(-c5cc(NC)ccc5NC)c4)n3)c2)c1. The van der Waals surface area contributed by atoms with Crippen LogP contribution in [0.4, 0.5) is 22.7 Å². The Morgan fingerprint density at radius 3 is 1.27 bits per heavy atom. The number of hydrogen-bond acceptors (Lipinski definition) is 5. The number of pyridine rings is 1. The monoisotopic (exact) mass is 575 g/mol. The molecule has 1 heterocycles. The lowest BCUT2D eigenvalue weighted by molar-refractivity contribution is 1.32. The van der Waals surface area contributed by atoms with Crippen LogP contribution in [-0.4, -0.2) is 33.2 Å². The molecule has 0 bridgehead atoms. The van der Waals surface area contributed by atoms with Gasteiger partial charge in [-0.15, -0.1) is 0 Å². The van der Waals surface area contributed by atoms with Gasteiger partial charge in [-0.2, -0.15) is 0 Å². The molecule has 0 saturated heterocycles. The lowest BCUT2D eigenvalue weighted by Crippen LogP contribution is -1.96. The van der Waals surface area contributed by atoms with Gasteiger partial charge in [0, 0.05) is 73.2 Å². The van der Waals surface area contributed by atoms with Crippen molar-refractivity contribution >= 4 is 22.7 Å². The van der Waals surface area contributed by atoms with E-state index in [1.165, 1.54) is 0 Å². The maximum Gasteiger partial charge on any atom is 0.0715 e. The molecule has 5 nitrogen and oxygen atoms in total. The van der Waals surface area contributed by atoms with Crippen LogP contribution in [0, 0.1) is 0 Å². The number of benzene rings is 5. The Morgan fingerprint density at radius 2 is 0.818 bits per heavy atom. The van der Waals surface area contributed by atoms with Gasteiger partial charge in [-0.3, -0.25) is 0 Å². The van der Waals surface area contributed by atoms with E-state index in [4.69, 9.17) is 4.98 Å². The molecule has 44 heavy (non-hydrogen) atoms. The number of rotatable bonds is 9. The third-order valence-corrected chi connectivity index (χ3v) is 8.03. The zero-order chi connectivity index (χ0) is 30.5. The largest absolute Gasteiger partial charge is 0.388 e. The van der Waals surface area contributed by atoms with Gasteiger partial charge >= 0.3 is 0 Å². The molecule has 0 radical (unpaired) electrons. The van der Waals surface area contributed by atoms with Crippen molar-refractivity contribution in [3.8, 4) is 55.9 Å². The average Bonchev–Trinajstić information content (AvgIpc) is 3.11. The van der Waals surface area contributed by atoms with Crippen LogP contribution in [0.25, 0.3) is 55.9 Å². The summed E-state index contributed by atoms with van der Waals surface area (Å²) in [6.45, 7) is 0. The van der Waals surface area contributed by atoms with Gasteiger partial charge in [0.25, 0.3) is 0 Å². The van der Waals surface area contributed by atoms with Crippen molar-refractivity contribution in [1.29, 1.82) is 0 Å². The molecule has 0 spiro atoms. The first kappa shape index (κ1) is 28.6. The summed E-state index contributed by atoms with van der Waals surface area (Å²) in [7, 11) is 7.81. The van der Waals surface area contributed by atoms with Crippen LogP contribution in [0.2, 0.25) is 0 Å². The Kier molecular flexibility index (Phi) is 8.28. The molecule has 218 valence electrons. The molecule has 0 amide bonds. The summed E-state index contributed by atoms with van der Waals surface area (Å²) in [4.78, 5) is 5.27. The van der Waals surface area contributed by atoms with Crippen LogP contribution in [0.1, 0.15) is 0 Å². The molecule has 0 aliphatic rings. The van der Waals surface area contributed by atoms with E-state index in [9.17, 15) is 0 Å². The Balaban J connectivity index is 1.50. The molecule has 6 aromatic rings. The van der Waals surface area contributed by atoms with E-state index < -0.39 is 0 Å². The van der Waals surface area contributed by atoms with Gasteiger partial charge in [-0.1, -0.05) is 66.7 Å². The number of nitrogens with zero attached hydrogens (tertiary/aromatic N) is 1. The van der Waals surface area contributed by atoms with Crippen molar-refractivity contribution in [3.63, 3.8) is 0 Å². The van der Waals surface area contributed by atoms with Crippen molar-refractivity contribution in [1.82, 2.24) is 4.98 Å². The minimum Gasteiger partial charge on any atom is -0.388 e. The fourth-order valence-corrected chi connectivity index (χ4v) is 5.63. The summed E-state index contributed by atoms with van der Waals surface area (Å²) in [6.07, 6.45) is 0. The summed E-state index contributed by atoms with van der Waals surface area (Å²) < 4.78 is 0. The van der Waals surface area contributed by atoms with Gasteiger partial charge in [0.2, 0.25) is 0 Å². The van der Waals surface area contributed by atoms with E-state index in [-0.39, 0.29) is 0 Å². The molecule has 0 unspecified atom stereocenters. The zero-order valence-corrected chi connectivity index (χ0v) is 25.6. The molecule has 4 N–H and O–H groups in total. The number of nitrogens with one attached hydrogen (secondary N) is 4. The van der Waals surface area contributed by atoms with Crippen LogP contribution in [0.5, 0.6) is 0 Å². The molecule has 5 aromatic carbocycles. The minimum absolute atomic E-state index is 0.928. The van der Waals surface area contributed by atoms with Gasteiger partial charge in [0.05, 0.1) is 11.4 Å². The molecule has 0 saturated carbocycles. The fourth-order valence-electron chi connectivity index (χ4n) is 5.63. The highest BCUT2D eigenvalue weighted by Gasteiger charge is 2.13. The Bertz CT molecular complexity index is 1800. The smallest absolute Gasteiger partial charge is 0.0715 e. The van der Waals surface area contributed by atoms with Crippen molar-refractivity contribution in [2.75, 3.05) is 49.5 Å². The summed E-state index contributed by atoms with van der Waals surface area (Å²) >= 11 is 0. The van der Waals surface area contributed by atoms with E-state index in [0.29, 0.717) is 0 Å². The Hall–Kier alpha value is -5.55. The molecular weight excluding hydrogens is 538 g/mol. The van der Waals surface area contributed by atoms with E-state index >= 15 is 0 Å². The summed E-state index contributed by atoms with van der Waals surface area (Å²) in [5, 5.41) is 13.2. The third-order valence-electron chi connectivity index (χ3n) is 8.03. The van der Waals surface area contributed by atoms with Crippen LogP contribution < -0.4 is 21.3 Å². The van der Waals surface area contributed by atoms with Crippen LogP contribution in [-0.2, 0) is 0 Å². The summed E-state index contributed by atoms with van der Waals surface area (Å²) in [5.41, 5.74) is 15.1. The highest BCUT2D eigenvalue weighted by Crippen LogP contribution is 2.37. The maximum absolute atomic E-state index is 5.27. The van der Waals surface area contributed by atoms with E-state index in [0.717, 1.165) is 78.6 Å². The first-order valence-electron chi connectivity index (χ1n) is 14.9. The van der Waals surface area contributed by atoms with Gasteiger partial charge in [0.1, 0.15) is 0 Å². The van der Waals surface area contributed by atoms with Crippen LogP contribution in [0.15, 0.2) is 127 Å². The van der Waals surface area contributed by atoms with Crippen molar-refractivity contribution in [2.45, 2.75) is 0 Å². The van der Waals surface area contributed by atoms with E-state index in [2.05, 4.69) is 149 Å². The highest BCUT2D eigenvalue weighted by molar-refractivity contribution is 5.86. The first-order chi connectivity index (χ1) is 21.6. The summed E-state index contributed by atoms with van der Waals surface area (Å²) in [6, 6.07) is 44.9. The first-order valence-corrected chi connectivity index (χ1v) is 14.9. The van der Waals surface area contributed by atoms with Crippen LogP contribution >= 0.6 is 0 Å². The molecule has 6 rings (SSSR count).